The van der Waals surface area contributed by atoms with Crippen molar-refractivity contribution in [3.05, 3.63) is 77.0 Å². The molecule has 1 amide bonds. The Morgan fingerprint density at radius 3 is 2.42 bits per heavy atom. The quantitative estimate of drug-likeness (QED) is 0.334. The van der Waals surface area contributed by atoms with Crippen molar-refractivity contribution in [3.63, 3.8) is 0 Å². The number of allylic oxidation sites excluding steroid dienone is 1. The number of carbonyl (C=O) groups excluding carboxylic acids is 1. The van der Waals surface area contributed by atoms with Gasteiger partial charge in [0.1, 0.15) is 12.3 Å². The van der Waals surface area contributed by atoms with Gasteiger partial charge in [-0.3, -0.25) is 4.79 Å². The number of benzene rings is 2. The highest BCUT2D eigenvalue weighted by atomic mass is 32.2. The molecule has 3 fully saturated rings. The minimum absolute atomic E-state index is 0.0117. The molecule has 8 rings (SSSR count). The normalized spacial score (nSPS) is 23.6. The highest BCUT2D eigenvalue weighted by Crippen LogP contribution is 2.59. The van der Waals surface area contributed by atoms with Crippen LogP contribution in [0.5, 0.6) is 5.75 Å². The Labute approximate surface area is 281 Å². The zero-order chi connectivity index (χ0) is 32.9. The van der Waals surface area contributed by atoms with Crippen LogP contribution in [-0.2, 0) is 19.7 Å². The monoisotopic (exact) mass is 673 g/mol. The van der Waals surface area contributed by atoms with Crippen LogP contribution in [0.4, 0.5) is 5.69 Å². The molecule has 11 nitrogen and oxygen atoms in total. The predicted octanol–water partition coefficient (Wildman–Crippen LogP) is 5.06. The van der Waals surface area contributed by atoms with Gasteiger partial charge in [0.05, 0.1) is 39.1 Å². The lowest BCUT2D eigenvalue weighted by atomic mass is 9.80. The minimum Gasteiger partial charge on any atom is -0.497 e. The lowest BCUT2D eigenvalue weighted by molar-refractivity contribution is 0.0298. The zero-order valence-electron chi connectivity index (χ0n) is 27.2. The summed E-state index contributed by atoms with van der Waals surface area (Å²) in [7, 11) is -2.52. The van der Waals surface area contributed by atoms with Crippen molar-refractivity contribution in [1.82, 2.24) is 18.1 Å². The van der Waals surface area contributed by atoms with Crippen molar-refractivity contribution in [3.8, 4) is 5.75 Å². The molecule has 0 bridgehead atoms. The van der Waals surface area contributed by atoms with Crippen LogP contribution in [0, 0.1) is 5.92 Å². The molecule has 1 aromatic heterocycles. The third-order valence-electron chi connectivity index (χ3n) is 10.5. The van der Waals surface area contributed by atoms with Gasteiger partial charge < -0.3 is 23.5 Å². The first kappa shape index (κ1) is 31.5. The molecule has 48 heavy (non-hydrogen) atoms. The molecule has 0 spiro atoms. The average molecular weight is 674 g/mol. The topological polar surface area (TPSA) is 111 Å². The molecule has 252 valence electrons. The second kappa shape index (κ2) is 12.6. The van der Waals surface area contributed by atoms with Gasteiger partial charge in [-0.25, -0.2) is 4.98 Å². The maximum absolute atomic E-state index is 15.6. The summed E-state index contributed by atoms with van der Waals surface area (Å²) >= 11 is 0. The van der Waals surface area contributed by atoms with E-state index in [-0.39, 0.29) is 42.9 Å². The highest BCUT2D eigenvalue weighted by molar-refractivity contribution is 7.89. The van der Waals surface area contributed by atoms with Crippen LogP contribution in [-0.4, -0.2) is 94.8 Å². The smallest absolute Gasteiger partial charge is 0.382 e. The molecule has 0 radical (unpaired) electrons. The molecule has 1 unspecified atom stereocenters. The van der Waals surface area contributed by atoms with E-state index in [9.17, 15) is 4.79 Å². The summed E-state index contributed by atoms with van der Waals surface area (Å²) in [6.07, 6.45) is 8.62. The van der Waals surface area contributed by atoms with Crippen molar-refractivity contribution in [2.75, 3.05) is 66.3 Å². The van der Waals surface area contributed by atoms with E-state index in [0.717, 1.165) is 59.3 Å². The summed E-state index contributed by atoms with van der Waals surface area (Å²) in [5.41, 5.74) is 5.95. The Morgan fingerprint density at radius 2 is 1.67 bits per heavy atom. The first-order valence-corrected chi connectivity index (χ1v) is 18.3. The third-order valence-corrected chi connectivity index (χ3v) is 12.8. The first-order valence-electron chi connectivity index (χ1n) is 16.9. The third kappa shape index (κ3) is 4.96. The maximum atomic E-state index is 15.6. The maximum Gasteiger partial charge on any atom is 0.382 e. The molecule has 5 heterocycles. The van der Waals surface area contributed by atoms with Gasteiger partial charge in [0.2, 0.25) is 0 Å². The summed E-state index contributed by atoms with van der Waals surface area (Å²) < 4.78 is 55.3. The van der Waals surface area contributed by atoms with Crippen LogP contribution in [0.2, 0.25) is 0 Å². The lowest BCUT2D eigenvalue weighted by Gasteiger charge is -2.39. The second-order valence-electron chi connectivity index (χ2n) is 13.1. The first-order chi connectivity index (χ1) is 23.4. The van der Waals surface area contributed by atoms with Gasteiger partial charge in [0.15, 0.2) is 29.2 Å². The molecular weight excluding hydrogens is 632 g/mol. The number of para-hydroxylation sites is 1. The van der Waals surface area contributed by atoms with Crippen molar-refractivity contribution >= 4 is 44.7 Å². The molecule has 3 aromatic rings. The number of oxazole rings is 1. The van der Waals surface area contributed by atoms with E-state index >= 15 is 8.42 Å². The summed E-state index contributed by atoms with van der Waals surface area (Å²) in [6.45, 7) is 2.96. The number of hydrogen-bond acceptors (Lipinski definition) is 8. The molecule has 2 aromatic carbocycles. The van der Waals surface area contributed by atoms with Crippen molar-refractivity contribution < 1.29 is 31.8 Å². The molecule has 1 aliphatic carbocycles. The fraction of sp³-hybridized carbons (Fsp3) is 0.444. The van der Waals surface area contributed by atoms with Gasteiger partial charge in [0, 0.05) is 48.9 Å². The van der Waals surface area contributed by atoms with Crippen molar-refractivity contribution in [2.45, 2.75) is 32.1 Å². The number of ether oxygens (including phenoxy) is 3. The number of rotatable bonds is 6. The number of quaternary nitrogens is 1. The minimum atomic E-state index is -4.14. The number of amides is 1. The van der Waals surface area contributed by atoms with E-state index in [2.05, 4.69) is 11.1 Å². The SMILES string of the molecule is COc1ccc2c(c1)C=C(c1ocnc1C(=O)N1CCOCC1)C[N+]1(S(=O)(=O)N3CCOCC3)C2=C(C2CCCCC2)c2ccccc21. The van der Waals surface area contributed by atoms with Crippen LogP contribution in [0.15, 0.2) is 53.3 Å². The number of nitrogens with zero attached hydrogens (tertiary/aromatic N) is 4. The van der Waals surface area contributed by atoms with E-state index in [4.69, 9.17) is 18.6 Å². The fourth-order valence-corrected chi connectivity index (χ4v) is 10.4. The number of carbonyl (C=O) groups is 1. The van der Waals surface area contributed by atoms with Crippen LogP contribution < -0.4 is 8.63 Å². The summed E-state index contributed by atoms with van der Waals surface area (Å²) in [6, 6.07) is 13.8. The molecule has 1 atom stereocenters. The van der Waals surface area contributed by atoms with E-state index in [1.165, 1.54) is 12.8 Å². The zero-order valence-corrected chi connectivity index (χ0v) is 28.0. The fourth-order valence-electron chi connectivity index (χ4n) is 8.22. The van der Waals surface area contributed by atoms with E-state index in [1.807, 2.05) is 42.5 Å². The van der Waals surface area contributed by atoms with E-state index in [1.54, 1.807) is 16.3 Å². The van der Waals surface area contributed by atoms with Crippen LogP contribution >= 0.6 is 0 Å². The Balaban J connectivity index is 1.41. The van der Waals surface area contributed by atoms with Gasteiger partial charge >= 0.3 is 10.2 Å². The highest BCUT2D eigenvalue weighted by Gasteiger charge is 2.60. The van der Waals surface area contributed by atoms with E-state index in [0.29, 0.717) is 50.8 Å². The predicted molar refractivity (Wildman–Crippen MR) is 182 cm³/mol. The molecule has 4 aliphatic heterocycles. The van der Waals surface area contributed by atoms with E-state index < -0.39 is 14.1 Å². The largest absolute Gasteiger partial charge is 0.497 e. The van der Waals surface area contributed by atoms with Gasteiger partial charge in [0.25, 0.3) is 5.91 Å². The lowest BCUT2D eigenvalue weighted by Crippen LogP contribution is -2.60. The second-order valence-corrected chi connectivity index (χ2v) is 15.1. The van der Waals surface area contributed by atoms with Crippen LogP contribution in [0.3, 0.4) is 0 Å². The van der Waals surface area contributed by atoms with Gasteiger partial charge in [-0.05, 0) is 54.7 Å². The molecule has 1 saturated carbocycles. The Kier molecular flexibility index (Phi) is 8.24. The standard InChI is InChI=1S/C36H41N4O7S/c1-44-28-11-12-29-26(22-28)21-27(35-33(37-24-47-35)36(41)38-13-17-45-18-14-38)23-40(48(42,43)39-15-19-46-20-16-39)31-10-6-5-9-30(31)32(34(29)40)25-7-3-2-4-8-25/h5-6,9-12,21-22,24-25H,2-4,7-8,13-20,23H2,1H3/q+1. The number of methoxy groups -OCH3 is 1. The molecule has 5 aliphatic rings. The van der Waals surface area contributed by atoms with Gasteiger partial charge in [-0.2, -0.15) is 12.7 Å². The van der Waals surface area contributed by atoms with Crippen LogP contribution in [0.25, 0.3) is 22.9 Å². The average Bonchev–Trinajstić information content (AvgIpc) is 3.70. The molecule has 0 N–H and O–H groups in total. The van der Waals surface area contributed by atoms with Crippen molar-refractivity contribution in [2.24, 2.45) is 5.92 Å². The Bertz CT molecular complexity index is 1900. The Hall–Kier alpha value is -3.81. The summed E-state index contributed by atoms with van der Waals surface area (Å²) in [5, 5.41) is 0. The molecule has 2 saturated heterocycles. The van der Waals surface area contributed by atoms with Gasteiger partial charge in [-0.15, -0.1) is 3.89 Å². The summed E-state index contributed by atoms with van der Waals surface area (Å²) in [5.74, 6) is 0.869. The van der Waals surface area contributed by atoms with Crippen LogP contribution in [0.1, 0.15) is 65.0 Å². The van der Waals surface area contributed by atoms with Gasteiger partial charge in [-0.1, -0.05) is 31.4 Å². The number of hydrogen-bond donors (Lipinski definition) is 0. The Morgan fingerprint density at radius 1 is 0.938 bits per heavy atom. The van der Waals surface area contributed by atoms with Crippen molar-refractivity contribution in [1.29, 1.82) is 0 Å². The molecule has 12 heteroatoms. The number of morpholine rings is 2. The number of aromatic nitrogens is 1. The summed E-state index contributed by atoms with van der Waals surface area (Å²) in [4.78, 5) is 20.0. The molecular formula is C36H41N4O7S+. The number of fused-ring (bicyclic) bond motifs is 5.